The summed E-state index contributed by atoms with van der Waals surface area (Å²) < 4.78 is 2.44. The van der Waals surface area contributed by atoms with Gasteiger partial charge in [-0.25, -0.2) is 0 Å². The molecule has 0 spiro atoms. The molecule has 1 atom stereocenters. The van der Waals surface area contributed by atoms with Gasteiger partial charge in [0.2, 0.25) is 11.4 Å². The second kappa shape index (κ2) is 9.07. The number of nitrogens with zero attached hydrogens (tertiary/aromatic N) is 2. The summed E-state index contributed by atoms with van der Waals surface area (Å²) in [5.41, 5.74) is 8.62. The van der Waals surface area contributed by atoms with Crippen LogP contribution in [0.2, 0.25) is 0 Å². The molecule has 37 heavy (non-hydrogen) atoms. The lowest BCUT2D eigenvalue weighted by atomic mass is 9.99. The zero-order valence-corrected chi connectivity index (χ0v) is 20.5. The van der Waals surface area contributed by atoms with Crippen LogP contribution < -0.4 is 9.69 Å². The van der Waals surface area contributed by atoms with Crippen molar-refractivity contribution in [2.75, 3.05) is 11.6 Å². The Balaban J connectivity index is 1.43. The van der Waals surface area contributed by atoms with E-state index in [9.17, 15) is 0 Å². The Morgan fingerprint density at radius 3 is 1.57 bits per heavy atom. The number of hydrogen-bond donors (Lipinski definition) is 0. The first-order chi connectivity index (χ1) is 18.3. The molecule has 0 N–H and O–H groups in total. The highest BCUT2D eigenvalue weighted by Gasteiger charge is 2.46. The third kappa shape index (κ3) is 4.07. The highest BCUT2D eigenvalue weighted by atomic mass is 15.6. The van der Waals surface area contributed by atoms with E-state index in [0.717, 1.165) is 6.54 Å². The minimum absolute atomic E-state index is 0.335. The van der Waals surface area contributed by atoms with Crippen LogP contribution in [0.3, 0.4) is 0 Å². The highest BCUT2D eigenvalue weighted by molar-refractivity contribution is 5.83. The first kappa shape index (κ1) is 21.6. The maximum Gasteiger partial charge on any atom is 0.243 e. The molecule has 1 saturated heterocycles. The molecule has 2 heterocycles. The number of fused-ring (bicyclic) bond motifs is 1. The van der Waals surface area contributed by atoms with Gasteiger partial charge in [-0.3, -0.25) is 0 Å². The van der Waals surface area contributed by atoms with E-state index < -0.39 is 0 Å². The van der Waals surface area contributed by atoms with E-state index in [4.69, 9.17) is 0 Å². The third-order valence-electron chi connectivity index (χ3n) is 7.29. The molecule has 6 aromatic rings. The average molecular weight is 476 g/mol. The lowest BCUT2D eigenvalue weighted by Crippen LogP contribution is -2.49. The van der Waals surface area contributed by atoms with Crippen molar-refractivity contribution < 1.29 is 4.68 Å². The van der Waals surface area contributed by atoms with Crippen LogP contribution in [-0.4, -0.2) is 6.54 Å². The second-order valence-corrected chi connectivity index (χ2v) is 9.67. The SMILES string of the molecule is c1ccc(-c2cc(-c3ccccc3)[n+](N3CC3c3ccc4ccccc4c3)c(-c3ccccc3)c2)cc1. The fourth-order valence-electron chi connectivity index (χ4n) is 5.34. The summed E-state index contributed by atoms with van der Waals surface area (Å²) in [5.74, 6) is 0. The van der Waals surface area contributed by atoms with Gasteiger partial charge in [0.15, 0.2) is 0 Å². The molecule has 0 aliphatic carbocycles. The molecule has 176 valence electrons. The molecule has 5 aromatic carbocycles. The molecular weight excluding hydrogens is 448 g/mol. The molecule has 0 saturated carbocycles. The fourth-order valence-corrected chi connectivity index (χ4v) is 5.34. The summed E-state index contributed by atoms with van der Waals surface area (Å²) in [6, 6.07) is 52.7. The van der Waals surface area contributed by atoms with E-state index in [1.54, 1.807) is 0 Å². The van der Waals surface area contributed by atoms with Crippen LogP contribution in [0.1, 0.15) is 11.6 Å². The van der Waals surface area contributed by atoms with Crippen LogP contribution >= 0.6 is 0 Å². The summed E-state index contributed by atoms with van der Waals surface area (Å²) in [5, 5.41) is 5.07. The third-order valence-corrected chi connectivity index (χ3v) is 7.29. The van der Waals surface area contributed by atoms with Gasteiger partial charge in [-0.1, -0.05) is 108 Å². The largest absolute Gasteiger partial charge is 0.243 e. The number of aromatic nitrogens is 1. The lowest BCUT2D eigenvalue weighted by Gasteiger charge is -2.13. The standard InChI is InChI=1S/C35H27N2/c1-4-12-26(13-5-1)32-23-33(28-15-6-2-7-16-28)37(34(24-32)29-17-8-3-9-18-29)36-25-35(36)31-21-20-27-14-10-11-19-30(27)22-31/h1-24,35H,25H2/q+1. The van der Waals surface area contributed by atoms with Crippen molar-refractivity contribution in [3.8, 4) is 33.6 Å². The summed E-state index contributed by atoms with van der Waals surface area (Å²) >= 11 is 0. The molecule has 1 fully saturated rings. The molecule has 1 aliphatic rings. The average Bonchev–Trinajstić information content (AvgIpc) is 3.78. The first-order valence-corrected chi connectivity index (χ1v) is 12.9. The van der Waals surface area contributed by atoms with Gasteiger partial charge in [-0.15, -0.1) is 0 Å². The maximum absolute atomic E-state index is 2.49. The Kier molecular flexibility index (Phi) is 5.29. The second-order valence-electron chi connectivity index (χ2n) is 9.67. The van der Waals surface area contributed by atoms with Crippen molar-refractivity contribution in [3.05, 3.63) is 151 Å². The Morgan fingerprint density at radius 2 is 0.973 bits per heavy atom. The van der Waals surface area contributed by atoms with E-state index in [1.165, 1.54) is 50.0 Å². The van der Waals surface area contributed by atoms with Gasteiger partial charge in [0.1, 0.15) is 12.6 Å². The molecule has 0 amide bonds. The normalized spacial score (nSPS) is 14.6. The monoisotopic (exact) mass is 475 g/mol. The van der Waals surface area contributed by atoms with E-state index in [-0.39, 0.29) is 0 Å². The van der Waals surface area contributed by atoms with Crippen LogP contribution in [-0.2, 0) is 0 Å². The summed E-state index contributed by atoms with van der Waals surface area (Å²) in [6.07, 6.45) is 0. The van der Waals surface area contributed by atoms with Crippen molar-refractivity contribution in [2.45, 2.75) is 6.04 Å². The van der Waals surface area contributed by atoms with Gasteiger partial charge >= 0.3 is 0 Å². The maximum atomic E-state index is 2.49. The van der Waals surface area contributed by atoms with Crippen molar-refractivity contribution in [1.82, 2.24) is 0 Å². The number of hydrogen-bond acceptors (Lipinski definition) is 1. The Labute approximate surface area is 217 Å². The van der Waals surface area contributed by atoms with Gasteiger partial charge in [0, 0.05) is 23.3 Å². The molecule has 0 bridgehead atoms. The van der Waals surface area contributed by atoms with Crippen LogP contribution in [0.25, 0.3) is 44.4 Å². The smallest absolute Gasteiger partial charge is 0.168 e. The molecule has 0 radical (unpaired) electrons. The predicted octanol–water partition coefficient (Wildman–Crippen LogP) is 7.82. The molecule has 7 rings (SSSR count). The van der Waals surface area contributed by atoms with Crippen molar-refractivity contribution >= 4 is 10.8 Å². The predicted molar refractivity (Wildman–Crippen MR) is 153 cm³/mol. The van der Waals surface area contributed by atoms with Crippen LogP contribution in [0.15, 0.2) is 146 Å². The van der Waals surface area contributed by atoms with E-state index in [2.05, 4.69) is 155 Å². The molecule has 1 unspecified atom stereocenters. The van der Waals surface area contributed by atoms with Crippen molar-refractivity contribution in [1.29, 1.82) is 0 Å². The van der Waals surface area contributed by atoms with Crippen LogP contribution in [0.5, 0.6) is 0 Å². The number of benzene rings is 5. The van der Waals surface area contributed by atoms with Gasteiger partial charge in [0.25, 0.3) is 0 Å². The van der Waals surface area contributed by atoms with Crippen molar-refractivity contribution in [2.24, 2.45) is 0 Å². The molecule has 1 aromatic heterocycles. The topological polar surface area (TPSA) is 6.89 Å². The quantitative estimate of drug-likeness (QED) is 0.182. The zero-order valence-electron chi connectivity index (χ0n) is 20.5. The molecule has 1 aliphatic heterocycles. The van der Waals surface area contributed by atoms with E-state index in [0.29, 0.717) is 6.04 Å². The molecule has 2 nitrogen and oxygen atoms in total. The van der Waals surface area contributed by atoms with Crippen LogP contribution in [0, 0.1) is 0 Å². The molecule has 2 heteroatoms. The summed E-state index contributed by atoms with van der Waals surface area (Å²) in [7, 11) is 0. The fraction of sp³-hybridized carbons (Fsp3) is 0.0571. The highest BCUT2D eigenvalue weighted by Crippen LogP contribution is 2.36. The molecular formula is C35H27N2+. The summed E-state index contributed by atoms with van der Waals surface area (Å²) in [4.78, 5) is 0. The van der Waals surface area contributed by atoms with E-state index >= 15 is 0 Å². The van der Waals surface area contributed by atoms with Gasteiger partial charge in [-0.2, -0.15) is 5.01 Å². The Morgan fingerprint density at radius 1 is 0.459 bits per heavy atom. The zero-order chi connectivity index (χ0) is 24.6. The van der Waals surface area contributed by atoms with E-state index in [1.807, 2.05) is 0 Å². The first-order valence-electron chi connectivity index (χ1n) is 12.9. The van der Waals surface area contributed by atoms with Gasteiger partial charge < -0.3 is 0 Å². The number of rotatable bonds is 5. The lowest BCUT2D eigenvalue weighted by molar-refractivity contribution is -0.655. The van der Waals surface area contributed by atoms with Gasteiger partial charge in [0.05, 0.1) is 0 Å². The number of pyridine rings is 1. The van der Waals surface area contributed by atoms with Crippen molar-refractivity contribution in [3.63, 3.8) is 0 Å². The Bertz CT molecular complexity index is 1630. The summed E-state index contributed by atoms with van der Waals surface area (Å²) in [6.45, 7) is 0.980. The minimum Gasteiger partial charge on any atom is -0.168 e. The minimum atomic E-state index is 0.335. The Hall–Kier alpha value is -4.69. The van der Waals surface area contributed by atoms with Gasteiger partial charge in [-0.05, 0) is 57.8 Å². The van der Waals surface area contributed by atoms with Crippen LogP contribution in [0.4, 0.5) is 0 Å².